The molecule has 1 rings (SSSR count). The van der Waals surface area contributed by atoms with Crippen molar-refractivity contribution in [1.82, 2.24) is 10.5 Å². The van der Waals surface area contributed by atoms with E-state index in [1.165, 1.54) is 0 Å². The lowest BCUT2D eigenvalue weighted by atomic mass is 9.81. The molecule has 0 atom stereocenters. The summed E-state index contributed by atoms with van der Waals surface area (Å²) in [6, 6.07) is 0. The van der Waals surface area contributed by atoms with E-state index in [0.717, 1.165) is 29.9 Å². The van der Waals surface area contributed by atoms with Gasteiger partial charge in [0.25, 0.3) is 0 Å². The summed E-state index contributed by atoms with van der Waals surface area (Å²) in [5.41, 5.74) is 7.05. The lowest BCUT2D eigenvalue weighted by Crippen LogP contribution is -2.45. The number of aromatic nitrogens is 1. The van der Waals surface area contributed by atoms with Gasteiger partial charge in [0.05, 0.1) is 11.1 Å². The van der Waals surface area contributed by atoms with E-state index in [0.29, 0.717) is 13.1 Å². The summed E-state index contributed by atoms with van der Waals surface area (Å²) in [4.78, 5) is 12.2. The van der Waals surface area contributed by atoms with Gasteiger partial charge in [0.2, 0.25) is 5.91 Å². The lowest BCUT2D eigenvalue weighted by molar-refractivity contribution is -0.131. The largest absolute Gasteiger partial charge is 0.361 e. The van der Waals surface area contributed by atoms with Crippen molar-refractivity contribution in [1.29, 1.82) is 0 Å². The van der Waals surface area contributed by atoms with Crippen molar-refractivity contribution in [3.05, 3.63) is 17.0 Å². The molecule has 3 N–H and O–H groups in total. The maximum atomic E-state index is 12.2. The van der Waals surface area contributed by atoms with Crippen molar-refractivity contribution in [3.8, 4) is 0 Å². The zero-order valence-corrected chi connectivity index (χ0v) is 11.7. The average molecular weight is 253 g/mol. The average Bonchev–Trinajstić information content (AvgIpc) is 2.69. The minimum absolute atomic E-state index is 0.00926. The van der Waals surface area contributed by atoms with Crippen LogP contribution in [0.25, 0.3) is 0 Å². The third kappa shape index (κ3) is 2.72. The van der Waals surface area contributed by atoms with Crippen molar-refractivity contribution < 1.29 is 9.32 Å². The highest BCUT2D eigenvalue weighted by Crippen LogP contribution is 2.25. The first-order chi connectivity index (χ1) is 8.50. The van der Waals surface area contributed by atoms with Crippen molar-refractivity contribution >= 4 is 5.91 Å². The summed E-state index contributed by atoms with van der Waals surface area (Å²) in [6.07, 6.45) is 1.49. The van der Waals surface area contributed by atoms with E-state index in [9.17, 15) is 4.79 Å². The monoisotopic (exact) mass is 253 g/mol. The fraction of sp³-hybridized carbons (Fsp3) is 0.692. The molecule has 0 bridgehead atoms. The van der Waals surface area contributed by atoms with E-state index in [1.807, 2.05) is 27.7 Å². The van der Waals surface area contributed by atoms with Gasteiger partial charge in [-0.2, -0.15) is 0 Å². The minimum atomic E-state index is -0.459. The molecular weight excluding hydrogens is 230 g/mol. The number of nitrogens with one attached hydrogen (secondary N) is 1. The molecule has 1 aromatic heterocycles. The van der Waals surface area contributed by atoms with Crippen LogP contribution in [0.15, 0.2) is 4.52 Å². The predicted octanol–water partition coefficient (Wildman–Crippen LogP) is 1.67. The molecule has 0 aliphatic carbocycles. The maximum absolute atomic E-state index is 12.2. The zero-order valence-electron chi connectivity index (χ0n) is 11.7. The molecule has 0 unspecified atom stereocenters. The normalized spacial score (nSPS) is 11.6. The number of carbonyl (C=O) groups excluding carboxylic acids is 1. The molecule has 18 heavy (non-hydrogen) atoms. The number of nitrogens with zero attached hydrogens (tertiary/aromatic N) is 1. The molecule has 102 valence electrons. The molecular formula is C13H23N3O2. The van der Waals surface area contributed by atoms with Gasteiger partial charge in [-0.1, -0.05) is 19.0 Å². The van der Waals surface area contributed by atoms with Gasteiger partial charge in [-0.25, -0.2) is 0 Å². The molecule has 1 heterocycles. The summed E-state index contributed by atoms with van der Waals surface area (Å²) in [6.45, 7) is 8.51. The molecule has 5 nitrogen and oxygen atoms in total. The molecule has 0 radical (unpaired) electrons. The van der Waals surface area contributed by atoms with Crippen LogP contribution in [0.3, 0.4) is 0 Å². The summed E-state index contributed by atoms with van der Waals surface area (Å²) in [7, 11) is 0. The molecule has 0 aromatic carbocycles. The summed E-state index contributed by atoms with van der Waals surface area (Å²) in [5, 5.41) is 6.81. The van der Waals surface area contributed by atoms with Gasteiger partial charge in [0.1, 0.15) is 5.76 Å². The summed E-state index contributed by atoms with van der Waals surface area (Å²) >= 11 is 0. The molecule has 5 heteroatoms. The van der Waals surface area contributed by atoms with E-state index >= 15 is 0 Å². The van der Waals surface area contributed by atoms with Crippen molar-refractivity contribution in [2.45, 2.75) is 47.1 Å². The van der Waals surface area contributed by atoms with Crippen LogP contribution in [0.2, 0.25) is 0 Å². The Labute approximate surface area is 108 Å². The second-order valence-electron chi connectivity index (χ2n) is 4.68. The minimum Gasteiger partial charge on any atom is -0.361 e. The van der Waals surface area contributed by atoms with Gasteiger partial charge in [-0.05, 0) is 26.7 Å². The van der Waals surface area contributed by atoms with Crippen LogP contribution < -0.4 is 11.1 Å². The zero-order chi connectivity index (χ0) is 13.8. The fourth-order valence-electron chi connectivity index (χ4n) is 2.06. The van der Waals surface area contributed by atoms with Crippen molar-refractivity contribution in [2.75, 3.05) is 6.54 Å². The van der Waals surface area contributed by atoms with E-state index in [-0.39, 0.29) is 5.91 Å². The molecule has 1 aromatic rings. The summed E-state index contributed by atoms with van der Waals surface area (Å²) < 4.78 is 5.07. The predicted molar refractivity (Wildman–Crippen MR) is 69.9 cm³/mol. The number of hydrogen-bond donors (Lipinski definition) is 2. The quantitative estimate of drug-likeness (QED) is 0.808. The van der Waals surface area contributed by atoms with Gasteiger partial charge in [0.15, 0.2) is 0 Å². The highest BCUT2D eigenvalue weighted by atomic mass is 16.5. The smallest absolute Gasteiger partial charge is 0.227 e. The van der Waals surface area contributed by atoms with Crippen LogP contribution >= 0.6 is 0 Å². The van der Waals surface area contributed by atoms with Gasteiger partial charge in [-0.3, -0.25) is 4.79 Å². The van der Waals surface area contributed by atoms with E-state index in [2.05, 4.69) is 10.5 Å². The van der Waals surface area contributed by atoms with Crippen LogP contribution in [0.5, 0.6) is 0 Å². The Morgan fingerprint density at radius 2 is 2.00 bits per heavy atom. The SMILES string of the molecule is CCC(CC)(CN)C(=O)NCc1c(C)noc1C. The molecule has 0 aliphatic rings. The Morgan fingerprint density at radius 1 is 1.39 bits per heavy atom. The number of amides is 1. The van der Waals surface area contributed by atoms with Crippen LogP contribution in [0.1, 0.15) is 43.7 Å². The Hall–Kier alpha value is -1.36. The van der Waals surface area contributed by atoms with Gasteiger partial charge < -0.3 is 15.6 Å². The number of hydrogen-bond acceptors (Lipinski definition) is 4. The number of aryl methyl sites for hydroxylation is 2. The maximum Gasteiger partial charge on any atom is 0.227 e. The first-order valence-corrected chi connectivity index (χ1v) is 6.40. The first-order valence-electron chi connectivity index (χ1n) is 6.40. The highest BCUT2D eigenvalue weighted by Gasteiger charge is 2.33. The second kappa shape index (κ2) is 6.00. The Balaban J connectivity index is 2.71. The van der Waals surface area contributed by atoms with Crippen LogP contribution in [0, 0.1) is 19.3 Å². The van der Waals surface area contributed by atoms with Gasteiger partial charge >= 0.3 is 0 Å². The second-order valence-corrected chi connectivity index (χ2v) is 4.68. The van der Waals surface area contributed by atoms with Crippen LogP contribution in [0.4, 0.5) is 0 Å². The highest BCUT2D eigenvalue weighted by molar-refractivity contribution is 5.82. The Morgan fingerprint density at radius 3 is 2.39 bits per heavy atom. The Kier molecular flexibility index (Phi) is 4.90. The van der Waals surface area contributed by atoms with E-state index < -0.39 is 5.41 Å². The number of carbonyl (C=O) groups is 1. The molecule has 0 fully saturated rings. The molecule has 0 saturated carbocycles. The third-order valence-electron chi connectivity index (χ3n) is 3.83. The topological polar surface area (TPSA) is 81.2 Å². The fourth-order valence-corrected chi connectivity index (χ4v) is 2.06. The standard InChI is InChI=1S/C13H23N3O2/c1-5-13(6-2,8-14)12(17)15-7-11-9(3)16-18-10(11)4/h5-8,14H2,1-4H3,(H,15,17). The number of nitrogens with two attached hydrogens (primary N) is 1. The van der Waals surface area contributed by atoms with E-state index in [4.69, 9.17) is 10.3 Å². The van der Waals surface area contributed by atoms with Gasteiger partial charge in [-0.15, -0.1) is 0 Å². The third-order valence-corrected chi connectivity index (χ3v) is 3.83. The summed E-state index contributed by atoms with van der Waals surface area (Å²) in [5.74, 6) is 0.758. The van der Waals surface area contributed by atoms with Crippen molar-refractivity contribution in [3.63, 3.8) is 0 Å². The van der Waals surface area contributed by atoms with Gasteiger partial charge in [0, 0.05) is 18.7 Å². The first kappa shape index (κ1) is 14.7. The molecule has 0 saturated heterocycles. The molecule has 0 aliphatic heterocycles. The molecule has 0 spiro atoms. The van der Waals surface area contributed by atoms with Crippen LogP contribution in [-0.2, 0) is 11.3 Å². The van der Waals surface area contributed by atoms with Crippen molar-refractivity contribution in [2.24, 2.45) is 11.1 Å². The molecule has 1 amide bonds. The number of rotatable bonds is 6. The lowest BCUT2D eigenvalue weighted by Gasteiger charge is -2.28. The van der Waals surface area contributed by atoms with E-state index in [1.54, 1.807) is 0 Å². The van der Waals surface area contributed by atoms with Crippen LogP contribution in [-0.4, -0.2) is 17.6 Å². The Bertz CT molecular complexity index is 381.